The van der Waals surface area contributed by atoms with E-state index in [4.69, 9.17) is 0 Å². The van der Waals surface area contributed by atoms with Gasteiger partial charge in [-0.2, -0.15) is 0 Å². The molecule has 0 N–H and O–H groups in total. The summed E-state index contributed by atoms with van der Waals surface area (Å²) in [6.07, 6.45) is 9.83. The predicted octanol–water partition coefficient (Wildman–Crippen LogP) is 2.32. The van der Waals surface area contributed by atoms with Crippen molar-refractivity contribution in [3.8, 4) is 0 Å². The molecule has 0 radical (unpaired) electrons. The van der Waals surface area contributed by atoms with Crippen molar-refractivity contribution in [3.63, 3.8) is 0 Å². The second kappa shape index (κ2) is 2.80. The SMILES string of the molecule is O=C1CCC[C@H]2CC=CC[C@@H]12. The number of rotatable bonds is 0. The number of hydrogen-bond acceptors (Lipinski definition) is 1. The molecule has 2 aliphatic rings. The molecule has 1 saturated carbocycles. The number of carbonyl (C=O) groups excluding carboxylic acids is 1. The second-order valence-corrected chi connectivity index (χ2v) is 3.67. The molecule has 2 rings (SSSR count). The Kier molecular flexibility index (Phi) is 1.80. The van der Waals surface area contributed by atoms with Crippen molar-refractivity contribution in [2.24, 2.45) is 11.8 Å². The van der Waals surface area contributed by atoms with Crippen molar-refractivity contribution < 1.29 is 4.79 Å². The molecule has 0 saturated heterocycles. The Hall–Kier alpha value is -0.590. The Labute approximate surface area is 67.5 Å². The Balaban J connectivity index is 2.13. The number of carbonyl (C=O) groups is 1. The molecule has 11 heavy (non-hydrogen) atoms. The van der Waals surface area contributed by atoms with Crippen LogP contribution in [0.25, 0.3) is 0 Å². The van der Waals surface area contributed by atoms with Crippen molar-refractivity contribution in [2.75, 3.05) is 0 Å². The summed E-state index contributed by atoms with van der Waals surface area (Å²) in [6.45, 7) is 0. The molecule has 60 valence electrons. The molecule has 2 atom stereocenters. The van der Waals surface area contributed by atoms with Gasteiger partial charge in [0.1, 0.15) is 5.78 Å². The average molecular weight is 150 g/mol. The first-order chi connectivity index (χ1) is 5.38. The Morgan fingerprint density at radius 1 is 1.27 bits per heavy atom. The van der Waals surface area contributed by atoms with E-state index in [0.29, 0.717) is 17.6 Å². The van der Waals surface area contributed by atoms with E-state index in [9.17, 15) is 4.79 Å². The Bertz CT molecular complexity index is 193. The van der Waals surface area contributed by atoms with Crippen molar-refractivity contribution in [3.05, 3.63) is 12.2 Å². The first kappa shape index (κ1) is 7.08. The summed E-state index contributed by atoms with van der Waals surface area (Å²) in [5, 5.41) is 0. The number of Topliss-reactive ketones (excluding diaryl/α,β-unsaturated/α-hetero) is 1. The summed E-state index contributed by atoms with van der Waals surface area (Å²) in [7, 11) is 0. The van der Waals surface area contributed by atoms with E-state index in [1.165, 1.54) is 6.42 Å². The third-order valence-corrected chi connectivity index (χ3v) is 2.98. The van der Waals surface area contributed by atoms with Crippen LogP contribution < -0.4 is 0 Å². The third kappa shape index (κ3) is 1.24. The largest absolute Gasteiger partial charge is 0.299 e. The summed E-state index contributed by atoms with van der Waals surface area (Å²) in [5.74, 6) is 1.61. The molecular weight excluding hydrogens is 136 g/mol. The fourth-order valence-corrected chi connectivity index (χ4v) is 2.31. The van der Waals surface area contributed by atoms with Gasteiger partial charge in [0.25, 0.3) is 0 Å². The van der Waals surface area contributed by atoms with Crippen LogP contribution in [0, 0.1) is 11.8 Å². The van der Waals surface area contributed by atoms with Gasteiger partial charge in [0.15, 0.2) is 0 Å². The number of hydrogen-bond donors (Lipinski definition) is 0. The van der Waals surface area contributed by atoms with Crippen LogP contribution in [0.3, 0.4) is 0 Å². The molecule has 0 unspecified atom stereocenters. The third-order valence-electron chi connectivity index (χ3n) is 2.98. The highest BCUT2D eigenvalue weighted by atomic mass is 16.1. The maximum Gasteiger partial charge on any atom is 0.136 e. The van der Waals surface area contributed by atoms with Crippen molar-refractivity contribution in [1.82, 2.24) is 0 Å². The van der Waals surface area contributed by atoms with E-state index in [2.05, 4.69) is 12.2 Å². The first-order valence-corrected chi connectivity index (χ1v) is 4.55. The summed E-state index contributed by atoms with van der Waals surface area (Å²) in [6, 6.07) is 0. The van der Waals surface area contributed by atoms with Crippen LogP contribution in [0.2, 0.25) is 0 Å². The zero-order chi connectivity index (χ0) is 7.68. The maximum absolute atomic E-state index is 11.4. The average Bonchev–Trinajstić information content (AvgIpc) is 2.06. The monoisotopic (exact) mass is 150 g/mol. The van der Waals surface area contributed by atoms with Crippen LogP contribution in [0.15, 0.2) is 12.2 Å². The summed E-state index contributed by atoms with van der Waals surface area (Å²) < 4.78 is 0. The lowest BCUT2D eigenvalue weighted by Crippen LogP contribution is -2.29. The highest BCUT2D eigenvalue weighted by Crippen LogP contribution is 2.35. The molecule has 0 aliphatic heterocycles. The summed E-state index contributed by atoms with van der Waals surface area (Å²) in [5.41, 5.74) is 0. The molecule has 2 aliphatic carbocycles. The fraction of sp³-hybridized carbons (Fsp3) is 0.700. The topological polar surface area (TPSA) is 17.1 Å². The van der Waals surface area contributed by atoms with Crippen LogP contribution in [-0.2, 0) is 4.79 Å². The maximum atomic E-state index is 11.4. The van der Waals surface area contributed by atoms with Gasteiger partial charge in [-0.3, -0.25) is 4.79 Å². The quantitative estimate of drug-likeness (QED) is 0.484. The molecule has 0 aromatic rings. The van der Waals surface area contributed by atoms with Gasteiger partial charge in [-0.15, -0.1) is 0 Å². The minimum atomic E-state index is 0.397. The molecule has 0 aromatic carbocycles. The first-order valence-electron chi connectivity index (χ1n) is 4.55. The van der Waals surface area contributed by atoms with Gasteiger partial charge >= 0.3 is 0 Å². The molecule has 0 spiro atoms. The smallest absolute Gasteiger partial charge is 0.136 e. The van der Waals surface area contributed by atoms with E-state index in [1.807, 2.05) is 0 Å². The van der Waals surface area contributed by atoms with Gasteiger partial charge in [0, 0.05) is 12.3 Å². The highest BCUT2D eigenvalue weighted by Gasteiger charge is 2.31. The van der Waals surface area contributed by atoms with E-state index < -0.39 is 0 Å². The van der Waals surface area contributed by atoms with Crippen LogP contribution >= 0.6 is 0 Å². The van der Waals surface area contributed by atoms with Gasteiger partial charge in [-0.25, -0.2) is 0 Å². The molecule has 1 fully saturated rings. The van der Waals surface area contributed by atoms with E-state index in [-0.39, 0.29) is 0 Å². The van der Waals surface area contributed by atoms with E-state index >= 15 is 0 Å². The normalized spacial score (nSPS) is 36.9. The van der Waals surface area contributed by atoms with Crippen LogP contribution in [0.5, 0.6) is 0 Å². The van der Waals surface area contributed by atoms with E-state index in [1.54, 1.807) is 0 Å². The lowest BCUT2D eigenvalue weighted by Gasteiger charge is -2.31. The zero-order valence-electron chi connectivity index (χ0n) is 6.75. The van der Waals surface area contributed by atoms with Crippen molar-refractivity contribution >= 4 is 5.78 Å². The second-order valence-electron chi connectivity index (χ2n) is 3.67. The standard InChI is InChI=1S/C10H14O/c11-10-7-3-5-8-4-1-2-6-9(8)10/h1-2,8-9H,3-7H2/t8-,9-/m1/s1. The zero-order valence-corrected chi connectivity index (χ0v) is 6.75. The minimum Gasteiger partial charge on any atom is -0.299 e. The molecular formula is C10H14O. The number of ketones is 1. The van der Waals surface area contributed by atoms with Crippen LogP contribution in [-0.4, -0.2) is 5.78 Å². The summed E-state index contributed by atoms with van der Waals surface area (Å²) in [4.78, 5) is 11.4. The van der Waals surface area contributed by atoms with E-state index in [0.717, 1.165) is 25.7 Å². The van der Waals surface area contributed by atoms with Crippen molar-refractivity contribution in [2.45, 2.75) is 32.1 Å². The Morgan fingerprint density at radius 3 is 2.91 bits per heavy atom. The van der Waals surface area contributed by atoms with Gasteiger partial charge in [-0.05, 0) is 31.6 Å². The number of fused-ring (bicyclic) bond motifs is 1. The molecule has 1 nitrogen and oxygen atoms in total. The van der Waals surface area contributed by atoms with Crippen molar-refractivity contribution in [1.29, 1.82) is 0 Å². The molecule has 0 amide bonds. The molecule has 0 heterocycles. The highest BCUT2D eigenvalue weighted by molar-refractivity contribution is 5.82. The van der Waals surface area contributed by atoms with Gasteiger partial charge in [0.2, 0.25) is 0 Å². The fourth-order valence-electron chi connectivity index (χ4n) is 2.31. The van der Waals surface area contributed by atoms with Crippen LogP contribution in [0.4, 0.5) is 0 Å². The van der Waals surface area contributed by atoms with Gasteiger partial charge in [0.05, 0.1) is 0 Å². The minimum absolute atomic E-state index is 0.397. The van der Waals surface area contributed by atoms with Crippen LogP contribution in [0.1, 0.15) is 32.1 Å². The lowest BCUT2D eigenvalue weighted by molar-refractivity contribution is -0.126. The number of allylic oxidation sites excluding steroid dienone is 2. The summed E-state index contributed by atoms with van der Waals surface area (Å²) >= 11 is 0. The van der Waals surface area contributed by atoms with Gasteiger partial charge in [-0.1, -0.05) is 12.2 Å². The molecule has 1 heteroatoms. The Morgan fingerprint density at radius 2 is 2.09 bits per heavy atom. The predicted molar refractivity (Wildman–Crippen MR) is 44.2 cm³/mol. The molecule has 0 bridgehead atoms. The molecule has 0 aromatic heterocycles. The van der Waals surface area contributed by atoms with Gasteiger partial charge < -0.3 is 0 Å². The lowest BCUT2D eigenvalue weighted by atomic mass is 9.73.